The third-order valence-electron chi connectivity index (χ3n) is 3.69. The molecular weight excluding hydrogens is 361 g/mol. The van der Waals surface area contributed by atoms with E-state index in [4.69, 9.17) is 16.3 Å². The molecule has 1 aliphatic rings. The predicted molar refractivity (Wildman–Crippen MR) is 84.3 cm³/mol. The van der Waals surface area contributed by atoms with Gasteiger partial charge in [0, 0.05) is 11.2 Å². The Hall–Kier alpha value is -2.48. The van der Waals surface area contributed by atoms with Crippen molar-refractivity contribution in [3.8, 4) is 5.75 Å². The molecule has 0 unspecified atom stereocenters. The predicted octanol–water partition coefficient (Wildman–Crippen LogP) is 3.72. The number of carbonyl (C=O) groups is 1. The SMILES string of the molecule is O=C(O)c1cc(C(F)(F)F)cnc1N1CC(Oc2ccc(Cl)cc2)C1. The van der Waals surface area contributed by atoms with Crippen LogP contribution in [0.5, 0.6) is 5.75 Å². The number of halogens is 4. The zero-order valence-corrected chi connectivity index (χ0v) is 13.4. The van der Waals surface area contributed by atoms with Crippen molar-refractivity contribution in [1.82, 2.24) is 4.98 Å². The number of carboxylic acids is 1. The second kappa shape index (κ2) is 6.44. The number of ether oxygens (including phenoxy) is 1. The highest BCUT2D eigenvalue weighted by molar-refractivity contribution is 6.30. The van der Waals surface area contributed by atoms with Gasteiger partial charge in [-0.05, 0) is 30.3 Å². The molecule has 2 aromatic rings. The van der Waals surface area contributed by atoms with Crippen LogP contribution >= 0.6 is 11.6 Å². The highest BCUT2D eigenvalue weighted by Crippen LogP contribution is 2.33. The van der Waals surface area contributed by atoms with Gasteiger partial charge >= 0.3 is 12.1 Å². The van der Waals surface area contributed by atoms with E-state index in [2.05, 4.69) is 4.98 Å². The van der Waals surface area contributed by atoms with E-state index in [0.717, 1.165) is 0 Å². The molecule has 25 heavy (non-hydrogen) atoms. The average molecular weight is 373 g/mol. The minimum absolute atomic E-state index is 0.00328. The molecule has 1 aromatic heterocycles. The smallest absolute Gasteiger partial charge is 0.417 e. The van der Waals surface area contributed by atoms with Gasteiger partial charge in [-0.1, -0.05) is 11.6 Å². The van der Waals surface area contributed by atoms with Crippen LogP contribution in [0.25, 0.3) is 0 Å². The van der Waals surface area contributed by atoms with Gasteiger partial charge in [-0.2, -0.15) is 13.2 Å². The fourth-order valence-electron chi connectivity index (χ4n) is 2.41. The molecule has 0 atom stereocenters. The van der Waals surface area contributed by atoms with E-state index in [9.17, 15) is 23.1 Å². The summed E-state index contributed by atoms with van der Waals surface area (Å²) < 4.78 is 43.8. The Balaban J connectivity index is 1.71. The minimum Gasteiger partial charge on any atom is -0.487 e. The van der Waals surface area contributed by atoms with Crippen molar-refractivity contribution in [2.75, 3.05) is 18.0 Å². The van der Waals surface area contributed by atoms with Gasteiger partial charge in [0.25, 0.3) is 0 Å². The topological polar surface area (TPSA) is 62.7 Å². The Morgan fingerprint density at radius 3 is 2.48 bits per heavy atom. The fraction of sp³-hybridized carbons (Fsp3) is 0.250. The lowest BCUT2D eigenvalue weighted by molar-refractivity contribution is -0.137. The van der Waals surface area contributed by atoms with Crippen LogP contribution < -0.4 is 9.64 Å². The van der Waals surface area contributed by atoms with Crippen LogP contribution in [-0.2, 0) is 6.18 Å². The summed E-state index contributed by atoms with van der Waals surface area (Å²) in [5, 5.41) is 9.75. The number of pyridine rings is 1. The van der Waals surface area contributed by atoms with Crippen LogP contribution in [-0.4, -0.2) is 35.3 Å². The van der Waals surface area contributed by atoms with Crippen molar-refractivity contribution in [2.45, 2.75) is 12.3 Å². The van der Waals surface area contributed by atoms with Gasteiger partial charge in [-0.3, -0.25) is 0 Å². The molecule has 1 fully saturated rings. The number of aromatic carboxylic acids is 1. The second-order valence-corrected chi connectivity index (χ2v) is 5.93. The maximum Gasteiger partial charge on any atom is 0.417 e. The lowest BCUT2D eigenvalue weighted by Gasteiger charge is -2.40. The maximum atomic E-state index is 12.7. The molecule has 0 radical (unpaired) electrons. The lowest BCUT2D eigenvalue weighted by atomic mass is 10.1. The number of benzene rings is 1. The van der Waals surface area contributed by atoms with E-state index in [1.54, 1.807) is 29.2 Å². The van der Waals surface area contributed by atoms with Crippen LogP contribution in [0, 0.1) is 0 Å². The van der Waals surface area contributed by atoms with Gasteiger partial charge in [0.1, 0.15) is 23.2 Å². The first-order valence-electron chi connectivity index (χ1n) is 7.22. The minimum atomic E-state index is -4.65. The highest BCUT2D eigenvalue weighted by Gasteiger charge is 2.36. The molecule has 0 spiro atoms. The summed E-state index contributed by atoms with van der Waals surface area (Å²) >= 11 is 5.78. The summed E-state index contributed by atoms with van der Waals surface area (Å²) in [6.07, 6.45) is -4.23. The summed E-state index contributed by atoms with van der Waals surface area (Å²) in [6, 6.07) is 7.34. The van der Waals surface area contributed by atoms with Crippen LogP contribution in [0.4, 0.5) is 19.0 Å². The number of carboxylic acid groups (broad SMARTS) is 1. The van der Waals surface area contributed by atoms with E-state index in [1.165, 1.54) is 0 Å². The summed E-state index contributed by atoms with van der Waals surface area (Å²) in [5.74, 6) is -0.861. The Kier molecular flexibility index (Phi) is 4.47. The number of nitrogens with zero attached hydrogens (tertiary/aromatic N) is 2. The van der Waals surface area contributed by atoms with Crippen LogP contribution in [0.2, 0.25) is 5.02 Å². The van der Waals surface area contributed by atoms with E-state index < -0.39 is 23.3 Å². The standard InChI is InChI=1S/C16H12ClF3N2O3/c17-10-1-3-11(4-2-10)25-12-7-22(8-12)14-13(15(23)24)5-9(6-21-14)16(18,19)20/h1-6,12H,7-8H2,(H,23,24). The summed E-state index contributed by atoms with van der Waals surface area (Å²) in [4.78, 5) is 16.5. The molecule has 3 rings (SSSR count). The monoisotopic (exact) mass is 372 g/mol. The van der Waals surface area contributed by atoms with Gasteiger partial charge in [0.05, 0.1) is 18.7 Å². The Morgan fingerprint density at radius 2 is 1.92 bits per heavy atom. The molecule has 1 N–H and O–H groups in total. The van der Waals surface area contributed by atoms with Crippen LogP contribution in [0.1, 0.15) is 15.9 Å². The molecule has 1 saturated heterocycles. The molecule has 5 nitrogen and oxygen atoms in total. The van der Waals surface area contributed by atoms with Crippen LogP contribution in [0.3, 0.4) is 0 Å². The van der Waals surface area contributed by atoms with Gasteiger partial charge in [0.2, 0.25) is 0 Å². The first-order valence-corrected chi connectivity index (χ1v) is 7.59. The first-order chi connectivity index (χ1) is 11.7. The Morgan fingerprint density at radius 1 is 1.28 bits per heavy atom. The number of aromatic nitrogens is 1. The van der Waals surface area contributed by atoms with Crippen molar-refractivity contribution in [2.24, 2.45) is 0 Å². The molecule has 132 valence electrons. The van der Waals surface area contributed by atoms with Crippen molar-refractivity contribution >= 4 is 23.4 Å². The molecule has 0 amide bonds. The normalized spacial score (nSPS) is 15.0. The van der Waals surface area contributed by atoms with Gasteiger partial charge in [-0.15, -0.1) is 0 Å². The number of alkyl halides is 3. The van der Waals surface area contributed by atoms with Crippen molar-refractivity contribution in [3.63, 3.8) is 0 Å². The number of rotatable bonds is 4. The third kappa shape index (κ3) is 3.79. The van der Waals surface area contributed by atoms with E-state index in [1.807, 2.05) is 0 Å². The van der Waals surface area contributed by atoms with Gasteiger partial charge < -0.3 is 14.7 Å². The van der Waals surface area contributed by atoms with Gasteiger partial charge in [-0.25, -0.2) is 9.78 Å². The summed E-state index contributed by atoms with van der Waals surface area (Å²) in [6.45, 7) is 0.641. The zero-order valence-electron chi connectivity index (χ0n) is 12.6. The zero-order chi connectivity index (χ0) is 18.2. The average Bonchev–Trinajstić information content (AvgIpc) is 2.51. The largest absolute Gasteiger partial charge is 0.487 e. The second-order valence-electron chi connectivity index (χ2n) is 5.50. The molecule has 1 aromatic carbocycles. The molecule has 0 aliphatic carbocycles. The van der Waals surface area contributed by atoms with Crippen LogP contribution in [0.15, 0.2) is 36.5 Å². The van der Waals surface area contributed by atoms with Crippen molar-refractivity contribution < 1.29 is 27.8 Å². The quantitative estimate of drug-likeness (QED) is 0.886. The molecular formula is C16H12ClF3N2O3. The van der Waals surface area contributed by atoms with Crippen molar-refractivity contribution in [3.05, 3.63) is 52.7 Å². The fourth-order valence-corrected chi connectivity index (χ4v) is 2.54. The first kappa shape index (κ1) is 17.3. The van der Waals surface area contributed by atoms with Crippen molar-refractivity contribution in [1.29, 1.82) is 0 Å². The Bertz CT molecular complexity index is 790. The summed E-state index contributed by atoms with van der Waals surface area (Å²) in [7, 11) is 0. The molecule has 1 aliphatic heterocycles. The molecule has 0 saturated carbocycles. The number of hydrogen-bond acceptors (Lipinski definition) is 4. The Labute approximate surface area is 145 Å². The maximum absolute atomic E-state index is 12.7. The van der Waals surface area contributed by atoms with E-state index >= 15 is 0 Å². The highest BCUT2D eigenvalue weighted by atomic mass is 35.5. The lowest BCUT2D eigenvalue weighted by Crippen LogP contribution is -2.54. The van der Waals surface area contributed by atoms with E-state index in [0.29, 0.717) is 36.1 Å². The molecule has 9 heteroatoms. The summed E-state index contributed by atoms with van der Waals surface area (Å²) in [5.41, 5.74) is -1.58. The van der Waals surface area contributed by atoms with E-state index in [-0.39, 0.29) is 11.9 Å². The number of hydrogen-bond donors (Lipinski definition) is 1. The number of anilines is 1. The molecule has 0 bridgehead atoms. The molecule has 2 heterocycles. The third-order valence-corrected chi connectivity index (χ3v) is 3.94. The van der Waals surface area contributed by atoms with Gasteiger partial charge in [0.15, 0.2) is 0 Å².